The Kier molecular flexibility index (Phi) is 2.17. The van der Waals surface area contributed by atoms with Crippen molar-refractivity contribution in [3.05, 3.63) is 22.7 Å². The first kappa shape index (κ1) is 6.95. The predicted octanol–water partition coefficient (Wildman–Crippen LogP) is 1.09. The van der Waals surface area contributed by atoms with E-state index in [1.807, 2.05) is 5.38 Å². The highest BCUT2D eigenvalue weighted by atomic mass is 32.1. The van der Waals surface area contributed by atoms with Crippen LogP contribution in [0.2, 0.25) is 0 Å². The van der Waals surface area contributed by atoms with Gasteiger partial charge in [0.25, 0.3) is 0 Å². The van der Waals surface area contributed by atoms with Crippen LogP contribution in [0.1, 0.15) is 5.01 Å². The lowest BCUT2D eigenvalue weighted by atomic mass is 10.4. The third kappa shape index (κ3) is 1.41. The molecule has 0 fully saturated rings. The summed E-state index contributed by atoms with van der Waals surface area (Å²) in [5.41, 5.74) is 6.05. The van der Waals surface area contributed by atoms with Crippen molar-refractivity contribution < 1.29 is 0 Å². The minimum absolute atomic E-state index is 0.546. The van der Waals surface area contributed by atoms with Gasteiger partial charge in [0, 0.05) is 17.8 Å². The van der Waals surface area contributed by atoms with Gasteiger partial charge in [-0.05, 0) is 6.08 Å². The van der Waals surface area contributed by atoms with Crippen LogP contribution in [0.3, 0.4) is 0 Å². The van der Waals surface area contributed by atoms with Crippen LogP contribution in [0.4, 0.5) is 0 Å². The van der Waals surface area contributed by atoms with E-state index in [0.717, 1.165) is 11.2 Å². The molecule has 0 aromatic carbocycles. The van der Waals surface area contributed by atoms with Crippen molar-refractivity contribution in [2.45, 2.75) is 0 Å². The van der Waals surface area contributed by atoms with Crippen molar-refractivity contribution in [2.24, 2.45) is 5.73 Å². The van der Waals surface area contributed by atoms with Gasteiger partial charge < -0.3 is 11.1 Å². The Balaban J connectivity index is 2.86. The van der Waals surface area contributed by atoms with Crippen molar-refractivity contribution >= 4 is 23.2 Å². The molecule has 1 rings (SSSR count). The van der Waals surface area contributed by atoms with Gasteiger partial charge in [-0.1, -0.05) is 0 Å². The van der Waals surface area contributed by atoms with Gasteiger partial charge in [-0.3, -0.25) is 0 Å². The quantitative estimate of drug-likeness (QED) is 0.625. The number of aromatic nitrogens is 1. The van der Waals surface area contributed by atoms with Gasteiger partial charge in [0.2, 0.25) is 0 Å². The van der Waals surface area contributed by atoms with Crippen molar-refractivity contribution in [1.82, 2.24) is 4.98 Å². The summed E-state index contributed by atoms with van der Waals surface area (Å²) in [4.78, 5) is 3.96. The lowest BCUT2D eigenvalue weighted by Gasteiger charge is -1.89. The molecule has 0 saturated heterocycles. The van der Waals surface area contributed by atoms with E-state index in [-0.39, 0.29) is 0 Å². The molecule has 0 bridgehead atoms. The zero-order valence-electron chi connectivity index (χ0n) is 5.24. The van der Waals surface area contributed by atoms with E-state index in [0.29, 0.717) is 5.70 Å². The van der Waals surface area contributed by atoms with E-state index in [1.165, 1.54) is 17.4 Å². The van der Waals surface area contributed by atoms with E-state index in [4.69, 9.17) is 11.1 Å². The Morgan fingerprint density at radius 1 is 1.80 bits per heavy atom. The molecule has 1 heterocycles. The molecule has 52 valence electrons. The molecule has 10 heavy (non-hydrogen) atoms. The molecule has 0 amide bonds. The van der Waals surface area contributed by atoms with Crippen molar-refractivity contribution in [2.75, 3.05) is 0 Å². The summed E-state index contributed by atoms with van der Waals surface area (Å²) < 4.78 is 0. The first-order valence-corrected chi connectivity index (χ1v) is 3.58. The van der Waals surface area contributed by atoms with Crippen LogP contribution >= 0.6 is 11.3 Å². The average molecular weight is 153 g/mol. The lowest BCUT2D eigenvalue weighted by Crippen LogP contribution is -1.94. The predicted molar refractivity (Wildman–Crippen MR) is 43.1 cm³/mol. The summed E-state index contributed by atoms with van der Waals surface area (Å²) >= 11 is 1.46. The maximum absolute atomic E-state index is 6.73. The van der Waals surface area contributed by atoms with Crippen molar-refractivity contribution in [3.8, 4) is 0 Å². The van der Waals surface area contributed by atoms with Crippen LogP contribution in [0, 0.1) is 5.41 Å². The van der Waals surface area contributed by atoms with Gasteiger partial charge >= 0.3 is 0 Å². The molecular weight excluding hydrogens is 146 g/mol. The standard InChI is InChI=1S/C6H7N3S/c7-2-1-5(8)6-9-3-4-10-6/h1-4,7H,8H2/b5-1-,7-2?. The van der Waals surface area contributed by atoms with Gasteiger partial charge in [-0.25, -0.2) is 4.98 Å². The fourth-order valence-corrected chi connectivity index (χ4v) is 1.10. The maximum atomic E-state index is 6.73. The van der Waals surface area contributed by atoms with Crippen LogP contribution < -0.4 is 5.73 Å². The SMILES string of the molecule is N=C/C=C(\N)c1nccs1. The summed E-state index contributed by atoms with van der Waals surface area (Å²) in [6.07, 6.45) is 4.35. The number of nitrogens with two attached hydrogens (primary N) is 1. The second kappa shape index (κ2) is 3.12. The van der Waals surface area contributed by atoms with Gasteiger partial charge in [0.1, 0.15) is 5.01 Å². The number of nitrogens with one attached hydrogen (secondary N) is 1. The Morgan fingerprint density at radius 2 is 2.60 bits per heavy atom. The monoisotopic (exact) mass is 153 g/mol. The highest BCUT2D eigenvalue weighted by Gasteiger charge is 1.95. The largest absolute Gasteiger partial charge is 0.396 e. The summed E-state index contributed by atoms with van der Waals surface area (Å²) in [6, 6.07) is 0. The molecular formula is C6H7N3S. The number of hydrogen-bond donors (Lipinski definition) is 2. The second-order valence-electron chi connectivity index (χ2n) is 1.63. The normalized spacial score (nSPS) is 11.4. The number of nitrogens with zero attached hydrogens (tertiary/aromatic N) is 1. The van der Waals surface area contributed by atoms with Gasteiger partial charge in [0.05, 0.1) is 5.70 Å². The third-order valence-corrected chi connectivity index (χ3v) is 1.76. The Hall–Kier alpha value is -1.16. The summed E-state index contributed by atoms with van der Waals surface area (Å²) in [5, 5.41) is 9.35. The Labute approximate surface area is 62.7 Å². The molecule has 0 aliphatic heterocycles. The minimum Gasteiger partial charge on any atom is -0.396 e. The first-order chi connectivity index (χ1) is 4.84. The zero-order valence-corrected chi connectivity index (χ0v) is 6.06. The third-order valence-electron chi connectivity index (χ3n) is 0.942. The van der Waals surface area contributed by atoms with Crippen LogP contribution in [0.15, 0.2) is 17.7 Å². The smallest absolute Gasteiger partial charge is 0.139 e. The highest BCUT2D eigenvalue weighted by molar-refractivity contribution is 7.10. The Morgan fingerprint density at radius 3 is 3.10 bits per heavy atom. The fourth-order valence-electron chi connectivity index (χ4n) is 0.527. The van der Waals surface area contributed by atoms with Gasteiger partial charge in [0.15, 0.2) is 0 Å². The molecule has 1 aromatic heterocycles. The number of thiazole rings is 1. The molecule has 4 heteroatoms. The lowest BCUT2D eigenvalue weighted by molar-refractivity contribution is 1.35. The molecule has 0 aliphatic rings. The average Bonchev–Trinajstić information content (AvgIpc) is 2.38. The molecule has 0 saturated carbocycles. The zero-order chi connectivity index (χ0) is 7.40. The maximum Gasteiger partial charge on any atom is 0.139 e. The molecule has 0 radical (unpaired) electrons. The van der Waals surface area contributed by atoms with E-state index in [2.05, 4.69) is 4.98 Å². The van der Waals surface area contributed by atoms with Crippen LogP contribution in [-0.2, 0) is 0 Å². The number of hydrogen-bond acceptors (Lipinski definition) is 4. The molecule has 0 aliphatic carbocycles. The molecule has 3 N–H and O–H groups in total. The molecule has 1 aromatic rings. The number of rotatable bonds is 2. The van der Waals surface area contributed by atoms with Gasteiger partial charge in [-0.15, -0.1) is 11.3 Å². The molecule has 0 unspecified atom stereocenters. The summed E-state index contributed by atoms with van der Waals surface area (Å²) in [6.45, 7) is 0. The first-order valence-electron chi connectivity index (χ1n) is 2.70. The van der Waals surface area contributed by atoms with Crippen LogP contribution in [0.5, 0.6) is 0 Å². The fraction of sp³-hybridized carbons (Fsp3) is 0. The van der Waals surface area contributed by atoms with E-state index < -0.39 is 0 Å². The minimum atomic E-state index is 0.546. The molecule has 0 spiro atoms. The Bertz CT molecular complexity index is 238. The molecule has 3 nitrogen and oxygen atoms in total. The highest BCUT2D eigenvalue weighted by Crippen LogP contribution is 2.10. The van der Waals surface area contributed by atoms with E-state index in [1.54, 1.807) is 6.20 Å². The van der Waals surface area contributed by atoms with E-state index >= 15 is 0 Å². The summed E-state index contributed by atoms with van der Waals surface area (Å²) in [5.74, 6) is 0. The number of allylic oxidation sites excluding steroid dienone is 1. The van der Waals surface area contributed by atoms with E-state index in [9.17, 15) is 0 Å². The van der Waals surface area contributed by atoms with Crippen molar-refractivity contribution in [1.29, 1.82) is 5.41 Å². The molecule has 0 atom stereocenters. The summed E-state index contributed by atoms with van der Waals surface area (Å²) in [7, 11) is 0. The van der Waals surface area contributed by atoms with Crippen LogP contribution in [0.25, 0.3) is 5.70 Å². The topological polar surface area (TPSA) is 62.8 Å². The van der Waals surface area contributed by atoms with Crippen molar-refractivity contribution in [3.63, 3.8) is 0 Å². The van der Waals surface area contributed by atoms with Crippen LogP contribution in [-0.4, -0.2) is 11.2 Å². The second-order valence-corrected chi connectivity index (χ2v) is 2.52. The van der Waals surface area contributed by atoms with Gasteiger partial charge in [-0.2, -0.15) is 0 Å².